The highest BCUT2D eigenvalue weighted by Gasteiger charge is 2.20. The van der Waals surface area contributed by atoms with Crippen LogP contribution in [0.4, 0.5) is 11.4 Å². The molecule has 0 saturated heterocycles. The van der Waals surface area contributed by atoms with E-state index in [4.69, 9.17) is 9.47 Å². The first-order chi connectivity index (χ1) is 16.4. The summed E-state index contributed by atoms with van der Waals surface area (Å²) < 4.78 is 11.9. The van der Waals surface area contributed by atoms with E-state index in [0.717, 1.165) is 54.2 Å². The normalized spacial score (nSPS) is 10.8. The fraction of sp³-hybridized carbons (Fsp3) is 0.400. The van der Waals surface area contributed by atoms with Gasteiger partial charge in [0.25, 0.3) is 0 Å². The third kappa shape index (κ3) is 4.86. The Morgan fingerprint density at radius 2 is 1.12 bits per heavy atom. The van der Waals surface area contributed by atoms with E-state index in [-0.39, 0.29) is 0 Å². The van der Waals surface area contributed by atoms with Crippen LogP contribution >= 0.6 is 0 Å². The molecule has 3 rings (SSSR count). The molecule has 0 spiro atoms. The predicted molar refractivity (Wildman–Crippen MR) is 146 cm³/mol. The Morgan fingerprint density at radius 3 is 1.53 bits per heavy atom. The number of hydrogen-bond acceptors (Lipinski definition) is 4. The van der Waals surface area contributed by atoms with Crippen molar-refractivity contribution in [1.82, 2.24) is 0 Å². The molecule has 0 atom stereocenters. The monoisotopic (exact) mass is 459 g/mol. The van der Waals surface area contributed by atoms with Crippen LogP contribution in [-0.2, 0) is 0 Å². The molecule has 0 aliphatic rings. The highest BCUT2D eigenvalue weighted by atomic mass is 16.5. The molecular formula is C30H39N2O2. The van der Waals surface area contributed by atoms with Crippen LogP contribution in [0.1, 0.15) is 38.8 Å². The van der Waals surface area contributed by atoms with Gasteiger partial charge in [0.05, 0.1) is 14.2 Å². The fourth-order valence-corrected chi connectivity index (χ4v) is 4.76. The molecule has 3 aromatic rings. The van der Waals surface area contributed by atoms with Gasteiger partial charge in [-0.05, 0) is 100 Å². The maximum absolute atomic E-state index is 5.93. The highest BCUT2D eigenvalue weighted by molar-refractivity contribution is 5.85. The maximum Gasteiger partial charge on any atom is 0.169 e. The van der Waals surface area contributed by atoms with Crippen LogP contribution in [-0.4, -0.2) is 40.4 Å². The molecule has 181 valence electrons. The number of nitrogens with zero attached hydrogens (tertiary/aromatic N) is 2. The van der Waals surface area contributed by atoms with Crippen molar-refractivity contribution in [3.63, 3.8) is 0 Å². The molecule has 4 nitrogen and oxygen atoms in total. The van der Waals surface area contributed by atoms with Gasteiger partial charge in [-0.25, -0.2) is 0 Å². The molecule has 4 heteroatoms. The van der Waals surface area contributed by atoms with Gasteiger partial charge >= 0.3 is 0 Å². The zero-order valence-corrected chi connectivity index (χ0v) is 22.1. The van der Waals surface area contributed by atoms with Gasteiger partial charge in [-0.3, -0.25) is 0 Å². The first kappa shape index (κ1) is 25.5. The van der Waals surface area contributed by atoms with Gasteiger partial charge in [-0.15, -0.1) is 0 Å². The number of benzene rings is 3. The lowest BCUT2D eigenvalue weighted by molar-refractivity contribution is 0.357. The molecule has 34 heavy (non-hydrogen) atoms. The smallest absolute Gasteiger partial charge is 0.169 e. The molecule has 0 amide bonds. The standard InChI is InChI=1S/C30H39N2O2/c1-9-31(10-2)23-13-15-25(21(5)19-23)27-17-18-28(30(34-8)29(27)33-7)26-16-14-24(20-22(26)6)32(11-3)12-4/h13-17,19-20H,9-12H2,1-8H3. The van der Waals surface area contributed by atoms with Crippen LogP contribution in [0.3, 0.4) is 0 Å². The quantitative estimate of drug-likeness (QED) is 0.321. The van der Waals surface area contributed by atoms with Crippen molar-refractivity contribution in [3.8, 4) is 33.8 Å². The second-order valence-electron chi connectivity index (χ2n) is 8.49. The number of hydrogen-bond donors (Lipinski definition) is 0. The summed E-state index contributed by atoms with van der Waals surface area (Å²) in [4.78, 5) is 4.71. The number of ether oxygens (including phenoxy) is 2. The van der Waals surface area contributed by atoms with Gasteiger partial charge in [0.15, 0.2) is 11.5 Å². The highest BCUT2D eigenvalue weighted by Crippen LogP contribution is 2.46. The Bertz CT molecular complexity index is 1030. The average molecular weight is 460 g/mol. The molecule has 0 aliphatic carbocycles. The Kier molecular flexibility index (Phi) is 8.49. The Labute approximate surface area is 206 Å². The zero-order valence-electron chi connectivity index (χ0n) is 22.1. The van der Waals surface area contributed by atoms with Gasteiger partial charge in [-0.2, -0.15) is 0 Å². The van der Waals surface area contributed by atoms with Crippen molar-refractivity contribution < 1.29 is 9.47 Å². The first-order valence-electron chi connectivity index (χ1n) is 12.3. The van der Waals surface area contributed by atoms with Crippen LogP contribution < -0.4 is 19.3 Å². The van der Waals surface area contributed by atoms with E-state index in [1.807, 2.05) is 6.07 Å². The minimum Gasteiger partial charge on any atom is -0.492 e. The summed E-state index contributed by atoms with van der Waals surface area (Å²) in [6.45, 7) is 17.0. The molecule has 0 bridgehead atoms. The molecule has 0 heterocycles. The summed E-state index contributed by atoms with van der Waals surface area (Å²) >= 11 is 0. The van der Waals surface area contributed by atoms with E-state index in [1.165, 1.54) is 22.5 Å². The van der Waals surface area contributed by atoms with Crippen LogP contribution in [0.15, 0.2) is 42.5 Å². The molecule has 0 fully saturated rings. The maximum atomic E-state index is 5.93. The van der Waals surface area contributed by atoms with Gasteiger partial charge < -0.3 is 19.3 Å². The van der Waals surface area contributed by atoms with E-state index in [2.05, 4.69) is 93.8 Å². The van der Waals surface area contributed by atoms with E-state index in [9.17, 15) is 0 Å². The molecule has 0 aromatic heterocycles. The van der Waals surface area contributed by atoms with Crippen molar-refractivity contribution in [1.29, 1.82) is 0 Å². The Balaban J connectivity index is 2.11. The summed E-state index contributed by atoms with van der Waals surface area (Å²) in [5.41, 5.74) is 9.00. The van der Waals surface area contributed by atoms with Crippen molar-refractivity contribution >= 4 is 11.4 Å². The fourth-order valence-electron chi connectivity index (χ4n) is 4.76. The lowest BCUT2D eigenvalue weighted by atomic mass is 9.93. The van der Waals surface area contributed by atoms with Crippen molar-refractivity contribution in [3.05, 3.63) is 59.7 Å². The van der Waals surface area contributed by atoms with E-state index in [1.54, 1.807) is 14.2 Å². The Morgan fingerprint density at radius 1 is 0.647 bits per heavy atom. The second-order valence-corrected chi connectivity index (χ2v) is 8.49. The minimum absolute atomic E-state index is 0.714. The van der Waals surface area contributed by atoms with Crippen LogP contribution in [0.2, 0.25) is 0 Å². The average Bonchev–Trinajstić information content (AvgIpc) is 2.85. The number of methoxy groups -OCH3 is 2. The molecule has 0 unspecified atom stereocenters. The third-order valence-corrected chi connectivity index (χ3v) is 6.68. The Hall–Kier alpha value is -3.14. The zero-order chi connectivity index (χ0) is 24.8. The molecule has 0 saturated carbocycles. The largest absolute Gasteiger partial charge is 0.492 e. The lowest BCUT2D eigenvalue weighted by Crippen LogP contribution is -2.21. The van der Waals surface area contributed by atoms with Crippen molar-refractivity contribution in [2.75, 3.05) is 50.2 Å². The number of anilines is 2. The van der Waals surface area contributed by atoms with Crippen molar-refractivity contribution in [2.24, 2.45) is 0 Å². The number of rotatable bonds is 10. The molecular weight excluding hydrogens is 420 g/mol. The van der Waals surface area contributed by atoms with Crippen LogP contribution in [0.25, 0.3) is 22.3 Å². The minimum atomic E-state index is 0.714. The van der Waals surface area contributed by atoms with Crippen LogP contribution in [0.5, 0.6) is 11.5 Å². The van der Waals surface area contributed by atoms with Gasteiger partial charge in [-0.1, -0.05) is 12.1 Å². The van der Waals surface area contributed by atoms with E-state index < -0.39 is 0 Å². The van der Waals surface area contributed by atoms with E-state index in [0.29, 0.717) is 5.75 Å². The number of aryl methyl sites for hydroxylation is 2. The second kappa shape index (κ2) is 11.3. The summed E-state index contributed by atoms with van der Waals surface area (Å²) in [7, 11) is 3.41. The molecule has 0 aliphatic heterocycles. The lowest BCUT2D eigenvalue weighted by Gasteiger charge is -2.24. The predicted octanol–water partition coefficient (Wildman–Crippen LogP) is 7.15. The van der Waals surface area contributed by atoms with Gasteiger partial charge in [0.2, 0.25) is 0 Å². The summed E-state index contributed by atoms with van der Waals surface area (Å²) in [6, 6.07) is 18.8. The third-order valence-electron chi connectivity index (χ3n) is 6.68. The summed E-state index contributed by atoms with van der Waals surface area (Å²) in [5.74, 6) is 1.45. The van der Waals surface area contributed by atoms with E-state index >= 15 is 0 Å². The molecule has 1 radical (unpaired) electrons. The van der Waals surface area contributed by atoms with Gasteiger partial charge in [0, 0.05) is 48.7 Å². The summed E-state index contributed by atoms with van der Waals surface area (Å²) in [5, 5.41) is 0. The van der Waals surface area contributed by atoms with Crippen LogP contribution in [0, 0.1) is 19.9 Å². The topological polar surface area (TPSA) is 24.9 Å². The molecule has 0 N–H and O–H groups in total. The SMILES string of the molecule is CCN(CC)c1ccc(-c2[c]cc(-c3ccc(N(CC)CC)cc3C)c(OC)c2OC)c(C)c1. The molecule has 3 aromatic carbocycles. The first-order valence-corrected chi connectivity index (χ1v) is 12.3. The summed E-state index contributed by atoms with van der Waals surface area (Å²) in [6.07, 6.45) is 0. The van der Waals surface area contributed by atoms with Gasteiger partial charge in [0.1, 0.15) is 0 Å². The van der Waals surface area contributed by atoms with Crippen molar-refractivity contribution in [2.45, 2.75) is 41.5 Å².